The number of fused-ring (bicyclic) bond motifs is 1. The number of rotatable bonds is 2. The average molecular weight is 326 g/mol. The molecule has 3 rings (SSSR count). The van der Waals surface area contributed by atoms with E-state index in [0.717, 1.165) is 35.7 Å². The number of halogens is 1. The Morgan fingerprint density at radius 2 is 1.90 bits per heavy atom. The second-order valence-electron chi connectivity index (χ2n) is 5.85. The van der Waals surface area contributed by atoms with Crippen molar-refractivity contribution in [2.24, 2.45) is 0 Å². The van der Waals surface area contributed by atoms with Gasteiger partial charge in [-0.3, -0.25) is 4.90 Å². The molecule has 0 N–H and O–H groups in total. The van der Waals surface area contributed by atoms with Gasteiger partial charge in [0.1, 0.15) is 15.8 Å². The van der Waals surface area contributed by atoms with E-state index in [9.17, 15) is 0 Å². The Bertz CT molecular complexity index is 662. The number of nitrogens with zero attached hydrogens (tertiary/aromatic N) is 3. The van der Waals surface area contributed by atoms with Crippen molar-refractivity contribution in [3.8, 4) is 0 Å². The minimum Gasteiger partial charge on any atom is -0.373 e. The largest absolute Gasteiger partial charge is 0.373 e. The van der Waals surface area contributed by atoms with Gasteiger partial charge in [0, 0.05) is 18.0 Å². The summed E-state index contributed by atoms with van der Waals surface area (Å²) in [5, 5.41) is 1.58. The molecule has 2 aromatic rings. The van der Waals surface area contributed by atoms with E-state index in [1.54, 1.807) is 11.3 Å². The minimum atomic E-state index is 0.249. The van der Waals surface area contributed by atoms with E-state index in [4.69, 9.17) is 21.3 Å². The van der Waals surface area contributed by atoms with Crippen LogP contribution in [0.5, 0.6) is 0 Å². The highest BCUT2D eigenvalue weighted by atomic mass is 35.5. The molecule has 0 radical (unpaired) electrons. The van der Waals surface area contributed by atoms with Crippen LogP contribution in [-0.4, -0.2) is 40.2 Å². The first-order chi connectivity index (χ1) is 9.94. The maximum atomic E-state index is 6.37. The molecule has 0 aliphatic carbocycles. The van der Waals surface area contributed by atoms with Gasteiger partial charge in [0.05, 0.1) is 24.1 Å². The van der Waals surface area contributed by atoms with Crippen LogP contribution in [-0.2, 0) is 11.3 Å². The van der Waals surface area contributed by atoms with Gasteiger partial charge < -0.3 is 4.74 Å². The summed E-state index contributed by atoms with van der Waals surface area (Å²) in [6.07, 6.45) is 0.498. The van der Waals surface area contributed by atoms with Gasteiger partial charge >= 0.3 is 0 Å². The lowest BCUT2D eigenvalue weighted by atomic mass is 10.2. The van der Waals surface area contributed by atoms with E-state index in [1.807, 2.05) is 0 Å². The Balaban J connectivity index is 1.87. The molecule has 1 aliphatic rings. The molecule has 0 aromatic carbocycles. The molecule has 114 valence electrons. The van der Waals surface area contributed by atoms with Crippen LogP contribution in [0.2, 0.25) is 5.15 Å². The third kappa shape index (κ3) is 3.06. The van der Waals surface area contributed by atoms with E-state index in [0.29, 0.717) is 5.15 Å². The number of aromatic nitrogens is 2. The zero-order valence-electron chi connectivity index (χ0n) is 12.8. The summed E-state index contributed by atoms with van der Waals surface area (Å²) in [5.41, 5.74) is 1.19. The van der Waals surface area contributed by atoms with Crippen LogP contribution in [0.3, 0.4) is 0 Å². The molecule has 6 heteroatoms. The molecule has 1 saturated heterocycles. The Hall–Kier alpha value is -0.750. The summed E-state index contributed by atoms with van der Waals surface area (Å²) < 4.78 is 5.76. The SMILES string of the molecule is Cc1sc2nc(CN3CC(C)OC(C)C3)nc(Cl)c2c1C. The van der Waals surface area contributed by atoms with E-state index in [2.05, 4.69) is 37.6 Å². The molecule has 1 aliphatic heterocycles. The second kappa shape index (κ2) is 5.80. The van der Waals surface area contributed by atoms with E-state index < -0.39 is 0 Å². The van der Waals surface area contributed by atoms with Crippen molar-refractivity contribution in [1.82, 2.24) is 14.9 Å². The van der Waals surface area contributed by atoms with Crippen LogP contribution in [0, 0.1) is 13.8 Å². The molecule has 21 heavy (non-hydrogen) atoms. The average Bonchev–Trinajstić information content (AvgIpc) is 2.63. The van der Waals surface area contributed by atoms with Crippen molar-refractivity contribution in [2.45, 2.75) is 46.4 Å². The number of morpholine rings is 1. The second-order valence-corrected chi connectivity index (χ2v) is 7.41. The van der Waals surface area contributed by atoms with Gasteiger partial charge in [-0.2, -0.15) is 0 Å². The normalized spacial score (nSPS) is 23.9. The van der Waals surface area contributed by atoms with Gasteiger partial charge in [0.25, 0.3) is 0 Å². The first-order valence-electron chi connectivity index (χ1n) is 7.24. The zero-order valence-corrected chi connectivity index (χ0v) is 14.4. The molecule has 3 heterocycles. The third-order valence-electron chi connectivity index (χ3n) is 3.89. The summed E-state index contributed by atoms with van der Waals surface area (Å²) in [4.78, 5) is 13.8. The maximum Gasteiger partial charge on any atom is 0.145 e. The molecule has 1 fully saturated rings. The topological polar surface area (TPSA) is 38.2 Å². The van der Waals surface area contributed by atoms with Crippen LogP contribution in [0.4, 0.5) is 0 Å². The van der Waals surface area contributed by atoms with Gasteiger partial charge in [-0.05, 0) is 33.3 Å². The highest BCUT2D eigenvalue weighted by molar-refractivity contribution is 7.18. The van der Waals surface area contributed by atoms with Gasteiger partial charge in [-0.1, -0.05) is 11.6 Å². The van der Waals surface area contributed by atoms with Crippen molar-refractivity contribution >= 4 is 33.2 Å². The molecule has 0 bridgehead atoms. The first kappa shape index (κ1) is 15.2. The Morgan fingerprint density at radius 1 is 1.24 bits per heavy atom. The minimum absolute atomic E-state index is 0.249. The van der Waals surface area contributed by atoms with Crippen molar-refractivity contribution < 1.29 is 4.74 Å². The maximum absolute atomic E-state index is 6.37. The van der Waals surface area contributed by atoms with Crippen molar-refractivity contribution in [3.05, 3.63) is 21.4 Å². The Kier molecular flexibility index (Phi) is 4.19. The van der Waals surface area contributed by atoms with Gasteiger partial charge in [-0.15, -0.1) is 11.3 Å². The fourth-order valence-corrected chi connectivity index (χ4v) is 4.36. The van der Waals surface area contributed by atoms with Crippen molar-refractivity contribution in [1.29, 1.82) is 0 Å². The van der Waals surface area contributed by atoms with Gasteiger partial charge in [-0.25, -0.2) is 9.97 Å². The molecule has 0 spiro atoms. The highest BCUT2D eigenvalue weighted by Crippen LogP contribution is 2.33. The molecule has 2 unspecified atom stereocenters. The molecule has 4 nitrogen and oxygen atoms in total. The molecule has 0 amide bonds. The number of aryl methyl sites for hydroxylation is 2. The quantitative estimate of drug-likeness (QED) is 0.791. The first-order valence-corrected chi connectivity index (χ1v) is 8.43. The lowest BCUT2D eigenvalue weighted by Crippen LogP contribution is -2.45. The lowest BCUT2D eigenvalue weighted by Gasteiger charge is -2.34. The summed E-state index contributed by atoms with van der Waals surface area (Å²) in [5.74, 6) is 0.801. The van der Waals surface area contributed by atoms with Crippen molar-refractivity contribution in [2.75, 3.05) is 13.1 Å². The molecule has 2 aromatic heterocycles. The highest BCUT2D eigenvalue weighted by Gasteiger charge is 2.23. The van der Waals surface area contributed by atoms with Crippen molar-refractivity contribution in [3.63, 3.8) is 0 Å². The smallest absolute Gasteiger partial charge is 0.145 e. The summed E-state index contributed by atoms with van der Waals surface area (Å²) in [7, 11) is 0. The van der Waals surface area contributed by atoms with Crippen LogP contribution < -0.4 is 0 Å². The monoisotopic (exact) mass is 325 g/mol. The molecular weight excluding hydrogens is 306 g/mol. The Labute approximate surface area is 134 Å². The zero-order chi connectivity index (χ0) is 15.1. The fourth-order valence-electron chi connectivity index (χ4n) is 2.93. The fraction of sp³-hybridized carbons (Fsp3) is 0.600. The van der Waals surface area contributed by atoms with Gasteiger partial charge in [0.2, 0.25) is 0 Å². The number of hydrogen-bond donors (Lipinski definition) is 0. The van der Waals surface area contributed by atoms with E-state index in [1.165, 1.54) is 10.4 Å². The lowest BCUT2D eigenvalue weighted by molar-refractivity contribution is -0.0710. The predicted octanol–water partition coefficient (Wildman–Crippen LogP) is 3.57. The molecule has 2 atom stereocenters. The van der Waals surface area contributed by atoms with Crippen LogP contribution in [0.25, 0.3) is 10.2 Å². The number of ether oxygens (including phenoxy) is 1. The number of thiophene rings is 1. The van der Waals surface area contributed by atoms with Crippen LogP contribution in [0.15, 0.2) is 0 Å². The summed E-state index contributed by atoms with van der Waals surface area (Å²) in [6, 6.07) is 0. The summed E-state index contributed by atoms with van der Waals surface area (Å²) >= 11 is 8.06. The van der Waals surface area contributed by atoms with Gasteiger partial charge in [0.15, 0.2) is 0 Å². The molecule has 0 saturated carbocycles. The van der Waals surface area contributed by atoms with Crippen LogP contribution >= 0.6 is 22.9 Å². The summed E-state index contributed by atoms with van der Waals surface area (Å²) in [6.45, 7) is 10.9. The van der Waals surface area contributed by atoms with Crippen LogP contribution in [0.1, 0.15) is 30.1 Å². The van der Waals surface area contributed by atoms with E-state index in [-0.39, 0.29) is 12.2 Å². The molecular formula is C15H20ClN3OS. The Morgan fingerprint density at radius 3 is 2.57 bits per heavy atom. The standard InChI is InChI=1S/C15H20ClN3OS/c1-8-5-19(6-9(2)20-8)7-12-17-14(16)13-10(3)11(4)21-15(13)18-12/h8-9H,5-7H2,1-4H3. The van der Waals surface area contributed by atoms with E-state index >= 15 is 0 Å². The number of hydrogen-bond acceptors (Lipinski definition) is 5. The third-order valence-corrected chi connectivity index (χ3v) is 5.27. The predicted molar refractivity (Wildman–Crippen MR) is 87.2 cm³/mol.